The van der Waals surface area contributed by atoms with Gasteiger partial charge in [-0.05, 0) is 5.92 Å². The highest BCUT2D eigenvalue weighted by molar-refractivity contribution is 9.09. The molecule has 0 N–H and O–H groups in total. The predicted molar refractivity (Wildman–Crippen MR) is 60.4 cm³/mol. The van der Waals surface area contributed by atoms with Crippen LogP contribution in [0, 0.1) is 11.8 Å². The van der Waals surface area contributed by atoms with E-state index >= 15 is 0 Å². The van der Waals surface area contributed by atoms with Crippen LogP contribution in [0.1, 0.15) is 20.8 Å². The normalized spacial score (nSPS) is 14.0. The van der Waals surface area contributed by atoms with Crippen molar-refractivity contribution in [3.8, 4) is 0 Å². The SMILES string of the molecule is CC(C)C(C)C(=O)N(CCBr)CC(F)(F)F. The quantitative estimate of drug-likeness (QED) is 0.715. The number of alkyl halides is 4. The fraction of sp³-hybridized carbons (Fsp3) is 0.900. The highest BCUT2D eigenvalue weighted by atomic mass is 79.9. The lowest BCUT2D eigenvalue weighted by atomic mass is 9.96. The van der Waals surface area contributed by atoms with E-state index in [1.54, 1.807) is 6.92 Å². The van der Waals surface area contributed by atoms with Crippen molar-refractivity contribution in [2.75, 3.05) is 18.4 Å². The zero-order valence-corrected chi connectivity index (χ0v) is 11.2. The summed E-state index contributed by atoms with van der Waals surface area (Å²) in [5, 5.41) is 0.347. The van der Waals surface area contributed by atoms with E-state index in [1.165, 1.54) is 0 Å². The number of rotatable bonds is 5. The van der Waals surface area contributed by atoms with Crippen LogP contribution in [0.2, 0.25) is 0 Å². The van der Waals surface area contributed by atoms with Gasteiger partial charge >= 0.3 is 6.18 Å². The van der Waals surface area contributed by atoms with Gasteiger partial charge in [0.15, 0.2) is 0 Å². The molecule has 0 radical (unpaired) electrons. The van der Waals surface area contributed by atoms with Crippen LogP contribution in [-0.4, -0.2) is 35.4 Å². The topological polar surface area (TPSA) is 20.3 Å². The maximum absolute atomic E-state index is 12.2. The molecule has 0 aliphatic rings. The summed E-state index contributed by atoms with van der Waals surface area (Å²) >= 11 is 3.05. The molecule has 1 atom stereocenters. The van der Waals surface area contributed by atoms with Crippen LogP contribution >= 0.6 is 15.9 Å². The van der Waals surface area contributed by atoms with Gasteiger partial charge in [0.25, 0.3) is 0 Å². The summed E-state index contributed by atoms with van der Waals surface area (Å²) in [4.78, 5) is 12.6. The summed E-state index contributed by atoms with van der Waals surface area (Å²) in [6.45, 7) is 4.21. The maximum Gasteiger partial charge on any atom is 0.406 e. The van der Waals surface area contributed by atoms with Gasteiger partial charge in [0.1, 0.15) is 6.54 Å². The van der Waals surface area contributed by atoms with Gasteiger partial charge in [0, 0.05) is 17.8 Å². The minimum atomic E-state index is -4.34. The number of hydrogen-bond donors (Lipinski definition) is 0. The fourth-order valence-electron chi connectivity index (χ4n) is 1.16. The third-order valence-electron chi connectivity index (χ3n) is 2.43. The molecule has 0 heterocycles. The van der Waals surface area contributed by atoms with Crippen molar-refractivity contribution in [3.63, 3.8) is 0 Å². The van der Waals surface area contributed by atoms with Crippen molar-refractivity contribution >= 4 is 21.8 Å². The molecule has 16 heavy (non-hydrogen) atoms. The van der Waals surface area contributed by atoms with Gasteiger partial charge in [0.05, 0.1) is 0 Å². The molecule has 96 valence electrons. The molecule has 0 spiro atoms. The van der Waals surface area contributed by atoms with E-state index in [9.17, 15) is 18.0 Å². The molecule has 2 nitrogen and oxygen atoms in total. The van der Waals surface area contributed by atoms with Crippen LogP contribution in [0.3, 0.4) is 0 Å². The van der Waals surface area contributed by atoms with E-state index < -0.39 is 18.6 Å². The average Bonchev–Trinajstić information content (AvgIpc) is 2.12. The summed E-state index contributed by atoms with van der Waals surface area (Å²) in [5.41, 5.74) is 0. The molecule has 0 rings (SSSR count). The minimum Gasteiger partial charge on any atom is -0.333 e. The Bertz CT molecular complexity index is 231. The Labute approximate surface area is 102 Å². The Balaban J connectivity index is 4.59. The standard InChI is InChI=1S/C10H17BrF3NO/c1-7(2)8(3)9(16)15(5-4-11)6-10(12,13)14/h7-8H,4-6H2,1-3H3. The Morgan fingerprint density at radius 1 is 1.31 bits per heavy atom. The Morgan fingerprint density at radius 2 is 1.81 bits per heavy atom. The Hall–Kier alpha value is -0.260. The van der Waals surface area contributed by atoms with Crippen LogP contribution in [0.25, 0.3) is 0 Å². The van der Waals surface area contributed by atoms with Gasteiger partial charge in [-0.3, -0.25) is 4.79 Å². The molecule has 0 saturated carbocycles. The molecular formula is C10H17BrF3NO. The summed E-state index contributed by atoms with van der Waals surface area (Å²) in [6.07, 6.45) is -4.34. The first-order valence-electron chi connectivity index (χ1n) is 5.10. The van der Waals surface area contributed by atoms with Gasteiger partial charge in [0.2, 0.25) is 5.91 Å². The zero-order chi connectivity index (χ0) is 12.9. The van der Waals surface area contributed by atoms with E-state index in [-0.39, 0.29) is 18.4 Å². The third-order valence-corrected chi connectivity index (χ3v) is 2.78. The second kappa shape index (κ2) is 6.47. The molecular weight excluding hydrogens is 287 g/mol. The molecule has 0 aliphatic heterocycles. The van der Waals surface area contributed by atoms with Crippen LogP contribution in [0.15, 0.2) is 0 Å². The molecule has 0 bridgehead atoms. The Morgan fingerprint density at radius 3 is 2.12 bits per heavy atom. The predicted octanol–water partition coefficient (Wildman–Crippen LogP) is 3.06. The van der Waals surface area contributed by atoms with Crippen LogP contribution in [0.4, 0.5) is 13.2 Å². The van der Waals surface area contributed by atoms with E-state index in [0.29, 0.717) is 5.33 Å². The van der Waals surface area contributed by atoms with Crippen LogP contribution in [-0.2, 0) is 4.79 Å². The average molecular weight is 304 g/mol. The van der Waals surface area contributed by atoms with Crippen LogP contribution < -0.4 is 0 Å². The number of amides is 1. The second-order valence-corrected chi connectivity index (χ2v) is 4.89. The number of carbonyl (C=O) groups is 1. The summed E-state index contributed by atoms with van der Waals surface area (Å²) < 4.78 is 36.7. The Kier molecular flexibility index (Phi) is 6.36. The first kappa shape index (κ1) is 15.7. The van der Waals surface area contributed by atoms with E-state index in [1.807, 2.05) is 13.8 Å². The van der Waals surface area contributed by atoms with Crippen molar-refractivity contribution in [2.24, 2.45) is 11.8 Å². The zero-order valence-electron chi connectivity index (χ0n) is 9.64. The molecule has 1 unspecified atom stereocenters. The maximum atomic E-state index is 12.2. The smallest absolute Gasteiger partial charge is 0.333 e. The first-order chi connectivity index (χ1) is 7.19. The van der Waals surface area contributed by atoms with Crippen molar-refractivity contribution in [1.29, 1.82) is 0 Å². The summed E-state index contributed by atoms with van der Waals surface area (Å²) in [6, 6.07) is 0. The van der Waals surface area contributed by atoms with Gasteiger partial charge in [-0.1, -0.05) is 36.7 Å². The van der Waals surface area contributed by atoms with E-state index in [4.69, 9.17) is 0 Å². The highest BCUT2D eigenvalue weighted by Gasteiger charge is 2.34. The summed E-state index contributed by atoms with van der Waals surface area (Å²) in [5.74, 6) is -0.785. The molecule has 6 heteroatoms. The number of carbonyl (C=O) groups excluding carboxylic acids is 1. The molecule has 0 aliphatic carbocycles. The van der Waals surface area contributed by atoms with Crippen molar-refractivity contribution in [2.45, 2.75) is 26.9 Å². The first-order valence-corrected chi connectivity index (χ1v) is 6.22. The van der Waals surface area contributed by atoms with Gasteiger partial charge in [-0.2, -0.15) is 13.2 Å². The summed E-state index contributed by atoms with van der Waals surface area (Å²) in [7, 11) is 0. The largest absolute Gasteiger partial charge is 0.406 e. The van der Waals surface area contributed by atoms with E-state index in [0.717, 1.165) is 4.90 Å². The lowest BCUT2D eigenvalue weighted by Crippen LogP contribution is -2.43. The fourth-order valence-corrected chi connectivity index (χ4v) is 1.59. The molecule has 0 fully saturated rings. The van der Waals surface area contributed by atoms with Crippen molar-refractivity contribution < 1.29 is 18.0 Å². The highest BCUT2D eigenvalue weighted by Crippen LogP contribution is 2.20. The second-order valence-electron chi connectivity index (χ2n) is 4.10. The monoisotopic (exact) mass is 303 g/mol. The minimum absolute atomic E-state index is 0.0403. The van der Waals surface area contributed by atoms with Crippen LogP contribution in [0.5, 0.6) is 0 Å². The molecule has 1 amide bonds. The molecule has 0 saturated heterocycles. The van der Waals surface area contributed by atoms with Crippen molar-refractivity contribution in [1.82, 2.24) is 4.90 Å². The lowest BCUT2D eigenvalue weighted by Gasteiger charge is -2.27. The molecule has 0 aromatic heterocycles. The number of halogens is 4. The van der Waals surface area contributed by atoms with E-state index in [2.05, 4.69) is 15.9 Å². The molecule has 0 aromatic rings. The van der Waals surface area contributed by atoms with Crippen molar-refractivity contribution in [3.05, 3.63) is 0 Å². The lowest BCUT2D eigenvalue weighted by molar-refractivity contribution is -0.163. The number of nitrogens with zero attached hydrogens (tertiary/aromatic N) is 1. The van der Waals surface area contributed by atoms with Gasteiger partial charge in [-0.15, -0.1) is 0 Å². The molecule has 0 aromatic carbocycles. The third kappa shape index (κ3) is 5.72. The van der Waals surface area contributed by atoms with Gasteiger partial charge < -0.3 is 4.90 Å². The number of hydrogen-bond acceptors (Lipinski definition) is 1. The van der Waals surface area contributed by atoms with Gasteiger partial charge in [-0.25, -0.2) is 0 Å².